The quantitative estimate of drug-likeness (QED) is 0.881. The Balaban J connectivity index is 2.15. The first-order valence-corrected chi connectivity index (χ1v) is 5.73. The number of rotatable bonds is 2. The third-order valence-electron chi connectivity index (χ3n) is 1.45. The van der Waals surface area contributed by atoms with Gasteiger partial charge in [0.05, 0.1) is 0 Å². The van der Waals surface area contributed by atoms with E-state index in [-0.39, 0.29) is 0 Å². The van der Waals surface area contributed by atoms with Gasteiger partial charge in [-0.05, 0) is 36.0 Å². The molecule has 0 aliphatic carbocycles. The SMILES string of the molecule is Nc1nc(Sc2ccc(Cl)cc2)ns1. The van der Waals surface area contributed by atoms with Gasteiger partial charge in [0.15, 0.2) is 0 Å². The highest BCUT2D eigenvalue weighted by molar-refractivity contribution is 7.99. The molecule has 1 aromatic carbocycles. The van der Waals surface area contributed by atoms with E-state index in [2.05, 4.69) is 9.36 Å². The second-order valence-electron chi connectivity index (χ2n) is 2.47. The first-order valence-electron chi connectivity index (χ1n) is 3.76. The molecule has 0 radical (unpaired) electrons. The highest BCUT2D eigenvalue weighted by Crippen LogP contribution is 2.27. The Kier molecular flexibility index (Phi) is 2.90. The Hall–Kier alpha value is -0.780. The number of nitrogen functional groups attached to an aromatic ring is 1. The molecule has 0 bridgehead atoms. The van der Waals surface area contributed by atoms with Gasteiger partial charge in [-0.15, -0.1) is 0 Å². The van der Waals surface area contributed by atoms with Crippen LogP contribution in [-0.2, 0) is 0 Å². The molecular formula is C8H6ClN3S2. The Morgan fingerprint density at radius 3 is 2.57 bits per heavy atom. The number of hydrogen-bond donors (Lipinski definition) is 1. The maximum atomic E-state index is 5.76. The fraction of sp³-hybridized carbons (Fsp3) is 0. The van der Waals surface area contributed by atoms with Crippen LogP contribution < -0.4 is 5.73 Å². The summed E-state index contributed by atoms with van der Waals surface area (Å²) in [6.45, 7) is 0. The summed E-state index contributed by atoms with van der Waals surface area (Å²) in [4.78, 5) is 5.09. The number of hydrogen-bond acceptors (Lipinski definition) is 5. The predicted octanol–water partition coefficient (Wildman–Crippen LogP) is 2.92. The highest BCUT2D eigenvalue weighted by Gasteiger charge is 2.02. The van der Waals surface area contributed by atoms with Crippen molar-refractivity contribution in [2.75, 3.05) is 5.73 Å². The van der Waals surface area contributed by atoms with Crippen molar-refractivity contribution in [1.29, 1.82) is 0 Å². The van der Waals surface area contributed by atoms with Crippen molar-refractivity contribution in [3.8, 4) is 0 Å². The average Bonchev–Trinajstić information content (AvgIpc) is 2.56. The smallest absolute Gasteiger partial charge is 0.206 e. The van der Waals surface area contributed by atoms with Crippen molar-refractivity contribution in [2.24, 2.45) is 0 Å². The fourth-order valence-corrected chi connectivity index (χ4v) is 2.28. The van der Waals surface area contributed by atoms with Crippen LogP contribution in [-0.4, -0.2) is 9.36 Å². The summed E-state index contributed by atoms with van der Waals surface area (Å²) < 4.78 is 4.07. The number of benzene rings is 1. The summed E-state index contributed by atoms with van der Waals surface area (Å²) in [6, 6.07) is 7.51. The third kappa shape index (κ3) is 2.37. The Morgan fingerprint density at radius 2 is 2.00 bits per heavy atom. The van der Waals surface area contributed by atoms with Crippen molar-refractivity contribution in [1.82, 2.24) is 9.36 Å². The van der Waals surface area contributed by atoms with Gasteiger partial charge in [-0.3, -0.25) is 0 Å². The van der Waals surface area contributed by atoms with E-state index < -0.39 is 0 Å². The van der Waals surface area contributed by atoms with Crippen molar-refractivity contribution >= 4 is 40.0 Å². The van der Waals surface area contributed by atoms with Crippen LogP contribution in [0.4, 0.5) is 5.13 Å². The van der Waals surface area contributed by atoms with Gasteiger partial charge in [-0.25, -0.2) is 0 Å². The molecule has 0 saturated carbocycles. The molecule has 0 amide bonds. The van der Waals surface area contributed by atoms with Crippen LogP contribution in [0.1, 0.15) is 0 Å². The van der Waals surface area contributed by atoms with Crippen LogP contribution in [0, 0.1) is 0 Å². The minimum Gasteiger partial charge on any atom is -0.374 e. The van der Waals surface area contributed by atoms with Crippen LogP contribution >= 0.6 is 34.9 Å². The monoisotopic (exact) mass is 243 g/mol. The molecule has 0 aliphatic heterocycles. The largest absolute Gasteiger partial charge is 0.374 e. The molecule has 0 unspecified atom stereocenters. The van der Waals surface area contributed by atoms with Crippen LogP contribution in [0.5, 0.6) is 0 Å². The molecule has 2 rings (SSSR count). The molecule has 6 heteroatoms. The van der Waals surface area contributed by atoms with E-state index in [1.165, 1.54) is 23.3 Å². The Bertz CT molecular complexity index is 426. The van der Waals surface area contributed by atoms with E-state index in [1.807, 2.05) is 24.3 Å². The molecule has 1 aromatic heterocycles. The maximum Gasteiger partial charge on any atom is 0.206 e. The van der Waals surface area contributed by atoms with Gasteiger partial charge < -0.3 is 5.73 Å². The van der Waals surface area contributed by atoms with Gasteiger partial charge in [0, 0.05) is 21.5 Å². The Labute approximate surface area is 94.5 Å². The molecular weight excluding hydrogens is 238 g/mol. The van der Waals surface area contributed by atoms with Gasteiger partial charge in [0.2, 0.25) is 10.3 Å². The fourth-order valence-electron chi connectivity index (χ4n) is 0.870. The number of anilines is 1. The zero-order chi connectivity index (χ0) is 9.97. The minimum atomic E-state index is 0.487. The summed E-state index contributed by atoms with van der Waals surface area (Å²) >= 11 is 8.42. The van der Waals surface area contributed by atoms with Crippen LogP contribution in [0.3, 0.4) is 0 Å². The molecule has 72 valence electrons. The third-order valence-corrected chi connectivity index (χ3v) is 3.23. The molecule has 0 aliphatic rings. The van der Waals surface area contributed by atoms with Gasteiger partial charge in [0.1, 0.15) is 0 Å². The minimum absolute atomic E-state index is 0.487. The molecule has 0 fully saturated rings. The Morgan fingerprint density at radius 1 is 1.29 bits per heavy atom. The number of nitrogens with zero attached hydrogens (tertiary/aromatic N) is 2. The maximum absolute atomic E-state index is 5.76. The predicted molar refractivity (Wildman–Crippen MR) is 59.9 cm³/mol. The number of nitrogens with two attached hydrogens (primary N) is 1. The molecule has 2 N–H and O–H groups in total. The first-order chi connectivity index (χ1) is 6.74. The summed E-state index contributed by atoms with van der Waals surface area (Å²) in [7, 11) is 0. The van der Waals surface area contributed by atoms with E-state index in [0.29, 0.717) is 10.3 Å². The van der Waals surface area contributed by atoms with Crippen LogP contribution in [0.15, 0.2) is 34.3 Å². The van der Waals surface area contributed by atoms with Crippen molar-refractivity contribution in [2.45, 2.75) is 10.1 Å². The lowest BCUT2D eigenvalue weighted by molar-refractivity contribution is 1.08. The van der Waals surface area contributed by atoms with Crippen molar-refractivity contribution in [3.05, 3.63) is 29.3 Å². The molecule has 14 heavy (non-hydrogen) atoms. The lowest BCUT2D eigenvalue weighted by Gasteiger charge is -1.95. The van der Waals surface area contributed by atoms with E-state index in [4.69, 9.17) is 17.3 Å². The molecule has 0 atom stereocenters. The van der Waals surface area contributed by atoms with Gasteiger partial charge in [0.25, 0.3) is 0 Å². The molecule has 3 nitrogen and oxygen atoms in total. The lowest BCUT2D eigenvalue weighted by atomic mass is 10.4. The van der Waals surface area contributed by atoms with E-state index in [9.17, 15) is 0 Å². The summed E-state index contributed by atoms with van der Waals surface area (Å²) in [6.07, 6.45) is 0. The summed E-state index contributed by atoms with van der Waals surface area (Å²) in [5.41, 5.74) is 5.47. The van der Waals surface area contributed by atoms with E-state index in [1.54, 1.807) is 0 Å². The zero-order valence-corrected chi connectivity index (χ0v) is 9.36. The van der Waals surface area contributed by atoms with Gasteiger partial charge in [-0.1, -0.05) is 11.6 Å². The normalized spacial score (nSPS) is 10.4. The van der Waals surface area contributed by atoms with Gasteiger partial charge >= 0.3 is 0 Å². The summed E-state index contributed by atoms with van der Waals surface area (Å²) in [5, 5.41) is 1.89. The molecule has 2 aromatic rings. The highest BCUT2D eigenvalue weighted by atomic mass is 35.5. The lowest BCUT2D eigenvalue weighted by Crippen LogP contribution is -1.81. The second kappa shape index (κ2) is 4.16. The number of halogens is 1. The van der Waals surface area contributed by atoms with Crippen LogP contribution in [0.2, 0.25) is 5.02 Å². The van der Waals surface area contributed by atoms with Crippen LogP contribution in [0.25, 0.3) is 0 Å². The first kappa shape index (κ1) is 9.76. The molecule has 0 saturated heterocycles. The van der Waals surface area contributed by atoms with Crippen molar-refractivity contribution < 1.29 is 0 Å². The topological polar surface area (TPSA) is 51.8 Å². The second-order valence-corrected chi connectivity index (χ2v) is 4.73. The van der Waals surface area contributed by atoms with Gasteiger partial charge in [-0.2, -0.15) is 9.36 Å². The average molecular weight is 244 g/mol. The molecule has 0 spiro atoms. The standard InChI is InChI=1S/C8H6ClN3S2/c9-5-1-3-6(4-2-5)13-8-11-7(10)14-12-8/h1-4H,(H2,10,11,12). The molecule has 1 heterocycles. The summed E-state index contributed by atoms with van der Waals surface area (Å²) in [5.74, 6) is 0. The van der Waals surface area contributed by atoms with E-state index in [0.717, 1.165) is 9.92 Å². The van der Waals surface area contributed by atoms with E-state index >= 15 is 0 Å². The zero-order valence-electron chi connectivity index (χ0n) is 6.98. The van der Waals surface area contributed by atoms with Crippen molar-refractivity contribution in [3.63, 3.8) is 0 Å². The number of aromatic nitrogens is 2.